The molecule has 0 spiro atoms. The van der Waals surface area contributed by atoms with Gasteiger partial charge in [-0.2, -0.15) is 0 Å². The molecule has 43 heavy (non-hydrogen) atoms. The SMILES string of the molecule is [Ir+3].[c-]1ccccc1-c1ccc(-c2ccccc2)cn1.[c-]1ccccc1-c1ccccn1.[c-]1ccccc1-c1ccccn1. The van der Waals surface area contributed by atoms with Crippen molar-refractivity contribution in [3.63, 3.8) is 0 Å². The van der Waals surface area contributed by atoms with Gasteiger partial charge in [-0.25, -0.2) is 0 Å². The second-order valence-corrected chi connectivity index (χ2v) is 9.06. The molecule has 3 heterocycles. The predicted molar refractivity (Wildman–Crippen MR) is 171 cm³/mol. The number of hydrogen-bond donors (Lipinski definition) is 0. The fourth-order valence-corrected chi connectivity index (χ4v) is 4.06. The third-order valence-corrected chi connectivity index (χ3v) is 6.16. The van der Waals surface area contributed by atoms with Crippen molar-refractivity contribution in [2.75, 3.05) is 0 Å². The van der Waals surface area contributed by atoms with Crippen LogP contribution in [0.4, 0.5) is 0 Å². The first-order chi connectivity index (χ1) is 20.9. The molecule has 0 radical (unpaired) electrons. The second-order valence-electron chi connectivity index (χ2n) is 9.06. The minimum atomic E-state index is 0. The van der Waals surface area contributed by atoms with Crippen molar-refractivity contribution in [1.29, 1.82) is 0 Å². The van der Waals surface area contributed by atoms with Gasteiger partial charge in [0.1, 0.15) is 0 Å². The van der Waals surface area contributed by atoms with Gasteiger partial charge in [0.05, 0.1) is 0 Å². The molecule has 4 heteroatoms. The van der Waals surface area contributed by atoms with Gasteiger partial charge in [0, 0.05) is 18.6 Å². The monoisotopic (exact) mass is 731 g/mol. The number of benzene rings is 4. The molecule has 0 bridgehead atoms. The van der Waals surface area contributed by atoms with Gasteiger partial charge < -0.3 is 15.0 Å². The van der Waals surface area contributed by atoms with Crippen LogP contribution in [0.5, 0.6) is 0 Å². The zero-order valence-electron chi connectivity index (χ0n) is 23.3. The zero-order valence-corrected chi connectivity index (χ0v) is 25.7. The first-order valence-electron chi connectivity index (χ1n) is 13.6. The molecule has 0 N–H and O–H groups in total. The average Bonchev–Trinajstić information content (AvgIpc) is 3.11. The summed E-state index contributed by atoms with van der Waals surface area (Å²) in [6, 6.07) is 59.1. The molecule has 7 rings (SSSR count). The summed E-state index contributed by atoms with van der Waals surface area (Å²) in [7, 11) is 0. The van der Waals surface area contributed by atoms with Gasteiger partial charge in [-0.1, -0.05) is 66.7 Å². The summed E-state index contributed by atoms with van der Waals surface area (Å²) in [6.07, 6.45) is 5.48. The van der Waals surface area contributed by atoms with Crippen molar-refractivity contribution in [2.24, 2.45) is 0 Å². The van der Waals surface area contributed by atoms with Gasteiger partial charge in [-0.3, -0.25) is 0 Å². The second kappa shape index (κ2) is 17.1. The number of aromatic nitrogens is 3. The molecular formula is C39H28IrN3. The summed E-state index contributed by atoms with van der Waals surface area (Å²) >= 11 is 0. The molecule has 0 fully saturated rings. The van der Waals surface area contributed by atoms with Crippen molar-refractivity contribution in [1.82, 2.24) is 15.0 Å². The molecule has 7 aromatic rings. The Morgan fingerprint density at radius 2 is 0.791 bits per heavy atom. The molecule has 4 aromatic carbocycles. The third-order valence-electron chi connectivity index (χ3n) is 6.16. The van der Waals surface area contributed by atoms with E-state index in [0.29, 0.717) is 0 Å². The average molecular weight is 731 g/mol. The Labute approximate surface area is 267 Å². The van der Waals surface area contributed by atoms with Crippen LogP contribution < -0.4 is 0 Å². The maximum atomic E-state index is 4.49. The smallest absolute Gasteiger partial charge is 0.305 e. The Kier molecular flexibility index (Phi) is 12.3. The Morgan fingerprint density at radius 1 is 0.349 bits per heavy atom. The van der Waals surface area contributed by atoms with Gasteiger partial charge >= 0.3 is 20.1 Å². The maximum Gasteiger partial charge on any atom is 3.00 e. The molecule has 3 nitrogen and oxygen atoms in total. The van der Waals surface area contributed by atoms with Gasteiger partial charge in [-0.15, -0.1) is 108 Å². The van der Waals surface area contributed by atoms with E-state index in [2.05, 4.69) is 51.4 Å². The third kappa shape index (κ3) is 9.51. The van der Waals surface area contributed by atoms with Crippen molar-refractivity contribution in [3.8, 4) is 44.9 Å². The standard InChI is InChI=1S/C17H12N.2C11H8N.Ir/c1-3-7-14(8-4-1)16-11-12-17(18-13-16)15-9-5-2-6-10-15;2*1-2-6-10(7-3-1)11-8-4-5-9-12-11;/h1-9,11-13H;2*1-6,8-9H;/q3*-1;+3. The van der Waals surface area contributed by atoms with Crippen LogP contribution in [-0.4, -0.2) is 15.0 Å². The van der Waals surface area contributed by atoms with E-state index in [1.54, 1.807) is 12.4 Å². The van der Waals surface area contributed by atoms with E-state index in [0.717, 1.165) is 39.3 Å². The zero-order chi connectivity index (χ0) is 28.7. The molecule has 3 aromatic heterocycles. The van der Waals surface area contributed by atoms with Crippen LogP contribution in [0, 0.1) is 18.2 Å². The topological polar surface area (TPSA) is 38.7 Å². The molecule has 208 valence electrons. The molecule has 0 aliphatic heterocycles. The summed E-state index contributed by atoms with van der Waals surface area (Å²) in [5.41, 5.74) is 8.32. The number of pyridine rings is 3. The van der Waals surface area contributed by atoms with E-state index in [1.807, 2.05) is 140 Å². The summed E-state index contributed by atoms with van der Waals surface area (Å²) in [6.45, 7) is 0. The minimum absolute atomic E-state index is 0. The summed E-state index contributed by atoms with van der Waals surface area (Å²) in [5.74, 6) is 0. The normalized spacial score (nSPS) is 9.67. The van der Waals surface area contributed by atoms with Gasteiger partial charge in [0.2, 0.25) is 0 Å². The van der Waals surface area contributed by atoms with Gasteiger partial charge in [-0.05, 0) is 40.3 Å². The van der Waals surface area contributed by atoms with Crippen molar-refractivity contribution >= 4 is 0 Å². The number of rotatable bonds is 4. The van der Waals surface area contributed by atoms with E-state index in [-0.39, 0.29) is 20.1 Å². The van der Waals surface area contributed by atoms with E-state index in [1.165, 1.54) is 5.56 Å². The molecule has 0 aliphatic rings. The molecule has 0 unspecified atom stereocenters. The molecule has 0 saturated heterocycles. The first kappa shape index (κ1) is 30.9. The summed E-state index contributed by atoms with van der Waals surface area (Å²) in [5, 5.41) is 0. The molecule has 0 atom stereocenters. The van der Waals surface area contributed by atoms with Crippen LogP contribution in [0.15, 0.2) is 170 Å². The Bertz CT molecular complexity index is 1510. The van der Waals surface area contributed by atoms with Gasteiger partial charge in [0.15, 0.2) is 0 Å². The van der Waals surface area contributed by atoms with Crippen LogP contribution in [0.25, 0.3) is 44.9 Å². The fraction of sp³-hybridized carbons (Fsp3) is 0. The Hall–Kier alpha value is -5.02. The maximum absolute atomic E-state index is 4.49. The predicted octanol–water partition coefficient (Wildman–Crippen LogP) is 9.31. The van der Waals surface area contributed by atoms with Crippen LogP contribution in [0.1, 0.15) is 0 Å². The van der Waals surface area contributed by atoms with E-state index in [4.69, 9.17) is 0 Å². The minimum Gasteiger partial charge on any atom is -0.305 e. The molecule has 0 amide bonds. The van der Waals surface area contributed by atoms with Crippen LogP contribution >= 0.6 is 0 Å². The van der Waals surface area contributed by atoms with Crippen LogP contribution in [-0.2, 0) is 20.1 Å². The fourth-order valence-electron chi connectivity index (χ4n) is 4.06. The largest absolute Gasteiger partial charge is 3.00 e. The molecule has 0 aliphatic carbocycles. The van der Waals surface area contributed by atoms with Gasteiger partial charge in [0.25, 0.3) is 0 Å². The van der Waals surface area contributed by atoms with Crippen molar-refractivity contribution < 1.29 is 20.1 Å². The van der Waals surface area contributed by atoms with E-state index >= 15 is 0 Å². The van der Waals surface area contributed by atoms with Crippen molar-refractivity contribution in [3.05, 3.63) is 188 Å². The summed E-state index contributed by atoms with van der Waals surface area (Å²) in [4.78, 5) is 12.9. The Morgan fingerprint density at radius 3 is 1.16 bits per heavy atom. The van der Waals surface area contributed by atoms with Crippen molar-refractivity contribution in [2.45, 2.75) is 0 Å². The first-order valence-corrected chi connectivity index (χ1v) is 13.6. The van der Waals surface area contributed by atoms with E-state index < -0.39 is 0 Å². The van der Waals surface area contributed by atoms with E-state index in [9.17, 15) is 0 Å². The molecule has 0 saturated carbocycles. The number of hydrogen-bond acceptors (Lipinski definition) is 3. The number of nitrogens with zero attached hydrogens (tertiary/aromatic N) is 3. The Balaban J connectivity index is 0.000000151. The van der Waals surface area contributed by atoms with Crippen LogP contribution in [0.3, 0.4) is 0 Å². The summed E-state index contributed by atoms with van der Waals surface area (Å²) < 4.78 is 0. The molecular weight excluding hydrogens is 703 g/mol. The van der Waals surface area contributed by atoms with Crippen LogP contribution in [0.2, 0.25) is 0 Å². The quantitative estimate of drug-likeness (QED) is 0.170.